The van der Waals surface area contributed by atoms with Crippen molar-refractivity contribution in [2.75, 3.05) is 51.0 Å². The Labute approximate surface area is 148 Å². The van der Waals surface area contributed by atoms with Gasteiger partial charge in [0.15, 0.2) is 0 Å². The Bertz CT molecular complexity index is 680. The summed E-state index contributed by atoms with van der Waals surface area (Å²) in [4.78, 5) is 15.7. The highest BCUT2D eigenvalue weighted by Crippen LogP contribution is 2.18. The quantitative estimate of drug-likeness (QED) is 0.826. The molecule has 1 fully saturated rings. The number of nitrogens with one attached hydrogen (secondary N) is 2. The SMILES string of the molecule is CNc1cncc(CC2COCCN(Cc3cccnc3NC)C2)n1. The van der Waals surface area contributed by atoms with Crippen LogP contribution < -0.4 is 10.6 Å². The topological polar surface area (TPSA) is 75.2 Å². The van der Waals surface area contributed by atoms with Crippen LogP contribution in [0.3, 0.4) is 0 Å². The Hall–Kier alpha value is -2.25. The number of hydrogen-bond donors (Lipinski definition) is 2. The lowest BCUT2D eigenvalue weighted by molar-refractivity contribution is 0.121. The standard InChI is InChI=1S/C18H26N6O/c1-19-17-10-21-9-16(23-17)8-14-11-24(6-7-25-13-14)12-15-4-3-5-22-18(15)20-2/h3-5,9-10,14H,6-8,11-13H2,1-2H3,(H,19,23)(H,20,22). The molecular formula is C18H26N6O. The van der Waals surface area contributed by atoms with Crippen LogP contribution in [0, 0.1) is 5.92 Å². The zero-order valence-corrected chi connectivity index (χ0v) is 14.9. The third-order valence-corrected chi connectivity index (χ3v) is 4.38. The van der Waals surface area contributed by atoms with Crippen LogP contribution >= 0.6 is 0 Å². The molecule has 2 N–H and O–H groups in total. The van der Waals surface area contributed by atoms with Gasteiger partial charge in [-0.25, -0.2) is 9.97 Å². The predicted molar refractivity (Wildman–Crippen MR) is 98.7 cm³/mol. The van der Waals surface area contributed by atoms with Crippen molar-refractivity contribution in [3.8, 4) is 0 Å². The summed E-state index contributed by atoms with van der Waals surface area (Å²) in [5.41, 5.74) is 2.21. The van der Waals surface area contributed by atoms with Crippen molar-refractivity contribution in [2.45, 2.75) is 13.0 Å². The molecule has 1 aliphatic heterocycles. The maximum absolute atomic E-state index is 5.82. The molecule has 7 heteroatoms. The molecule has 25 heavy (non-hydrogen) atoms. The van der Waals surface area contributed by atoms with Crippen molar-refractivity contribution in [3.05, 3.63) is 42.0 Å². The molecule has 0 spiro atoms. The first kappa shape index (κ1) is 17.6. The molecule has 0 aliphatic carbocycles. The van der Waals surface area contributed by atoms with Gasteiger partial charge < -0.3 is 15.4 Å². The van der Waals surface area contributed by atoms with E-state index in [1.807, 2.05) is 32.6 Å². The molecule has 0 bridgehead atoms. The van der Waals surface area contributed by atoms with E-state index in [1.165, 1.54) is 5.56 Å². The summed E-state index contributed by atoms with van der Waals surface area (Å²) in [5, 5.41) is 6.21. The summed E-state index contributed by atoms with van der Waals surface area (Å²) in [5.74, 6) is 2.15. The van der Waals surface area contributed by atoms with E-state index in [9.17, 15) is 0 Å². The molecule has 3 rings (SSSR count). The van der Waals surface area contributed by atoms with Gasteiger partial charge in [-0.1, -0.05) is 6.07 Å². The Morgan fingerprint density at radius 1 is 1.28 bits per heavy atom. The fourth-order valence-electron chi connectivity index (χ4n) is 3.17. The third kappa shape index (κ3) is 4.87. The number of pyridine rings is 1. The molecule has 3 heterocycles. The molecule has 2 aromatic rings. The molecule has 1 aliphatic rings. The average Bonchev–Trinajstić information content (AvgIpc) is 2.87. The number of ether oxygens (including phenoxy) is 1. The molecule has 0 saturated carbocycles. The minimum Gasteiger partial charge on any atom is -0.380 e. The van der Waals surface area contributed by atoms with Crippen LogP contribution in [0.5, 0.6) is 0 Å². The second-order valence-electron chi connectivity index (χ2n) is 6.29. The maximum atomic E-state index is 5.82. The van der Waals surface area contributed by atoms with Crippen LogP contribution in [-0.4, -0.2) is 60.3 Å². The van der Waals surface area contributed by atoms with Gasteiger partial charge in [0.05, 0.1) is 25.1 Å². The summed E-state index contributed by atoms with van der Waals surface area (Å²) in [6, 6.07) is 4.11. The molecule has 1 atom stereocenters. The van der Waals surface area contributed by atoms with E-state index in [1.54, 1.807) is 6.20 Å². The Balaban J connectivity index is 1.66. The number of anilines is 2. The van der Waals surface area contributed by atoms with E-state index in [0.29, 0.717) is 5.92 Å². The highest BCUT2D eigenvalue weighted by molar-refractivity contribution is 5.42. The lowest BCUT2D eigenvalue weighted by atomic mass is 10.0. The second kappa shape index (κ2) is 8.73. The van der Waals surface area contributed by atoms with Crippen molar-refractivity contribution in [1.82, 2.24) is 19.9 Å². The van der Waals surface area contributed by atoms with Crippen molar-refractivity contribution in [1.29, 1.82) is 0 Å². The van der Waals surface area contributed by atoms with Gasteiger partial charge in [0.2, 0.25) is 0 Å². The highest BCUT2D eigenvalue weighted by Gasteiger charge is 2.20. The fourth-order valence-corrected chi connectivity index (χ4v) is 3.17. The molecule has 1 unspecified atom stereocenters. The zero-order valence-electron chi connectivity index (χ0n) is 14.9. The molecule has 7 nitrogen and oxygen atoms in total. The Morgan fingerprint density at radius 3 is 3.04 bits per heavy atom. The number of hydrogen-bond acceptors (Lipinski definition) is 7. The molecule has 0 amide bonds. The summed E-state index contributed by atoms with van der Waals surface area (Å²) in [6.07, 6.45) is 6.26. The summed E-state index contributed by atoms with van der Waals surface area (Å²) < 4.78 is 5.82. The summed E-state index contributed by atoms with van der Waals surface area (Å²) >= 11 is 0. The first-order valence-electron chi connectivity index (χ1n) is 8.69. The Kier molecular flexibility index (Phi) is 6.14. The smallest absolute Gasteiger partial charge is 0.144 e. The third-order valence-electron chi connectivity index (χ3n) is 4.38. The van der Waals surface area contributed by atoms with Crippen LogP contribution in [0.4, 0.5) is 11.6 Å². The van der Waals surface area contributed by atoms with Gasteiger partial charge in [-0.2, -0.15) is 0 Å². The minimum absolute atomic E-state index is 0.401. The molecule has 134 valence electrons. The second-order valence-corrected chi connectivity index (χ2v) is 6.29. The monoisotopic (exact) mass is 342 g/mol. The fraction of sp³-hybridized carbons (Fsp3) is 0.500. The van der Waals surface area contributed by atoms with Gasteiger partial charge in [0.25, 0.3) is 0 Å². The Morgan fingerprint density at radius 2 is 2.20 bits per heavy atom. The van der Waals surface area contributed by atoms with Crippen molar-refractivity contribution in [3.63, 3.8) is 0 Å². The van der Waals surface area contributed by atoms with E-state index in [2.05, 4.69) is 36.6 Å². The number of nitrogens with zero attached hydrogens (tertiary/aromatic N) is 4. The number of aromatic nitrogens is 3. The first-order valence-corrected chi connectivity index (χ1v) is 8.69. The summed E-state index contributed by atoms with van der Waals surface area (Å²) in [7, 11) is 3.77. The van der Waals surface area contributed by atoms with Crippen LogP contribution in [-0.2, 0) is 17.7 Å². The highest BCUT2D eigenvalue weighted by atomic mass is 16.5. The van der Waals surface area contributed by atoms with E-state index in [0.717, 1.165) is 56.6 Å². The first-order chi connectivity index (χ1) is 12.3. The van der Waals surface area contributed by atoms with E-state index in [-0.39, 0.29) is 0 Å². The maximum Gasteiger partial charge on any atom is 0.144 e. The van der Waals surface area contributed by atoms with E-state index in [4.69, 9.17) is 4.74 Å². The van der Waals surface area contributed by atoms with Gasteiger partial charge in [-0.3, -0.25) is 9.88 Å². The van der Waals surface area contributed by atoms with Crippen molar-refractivity contribution >= 4 is 11.6 Å². The molecule has 0 radical (unpaired) electrons. The van der Waals surface area contributed by atoms with Crippen LogP contribution in [0.2, 0.25) is 0 Å². The van der Waals surface area contributed by atoms with Crippen molar-refractivity contribution in [2.24, 2.45) is 5.92 Å². The molecule has 2 aromatic heterocycles. The van der Waals surface area contributed by atoms with Crippen LogP contribution in [0.25, 0.3) is 0 Å². The van der Waals surface area contributed by atoms with Gasteiger partial charge in [-0.15, -0.1) is 0 Å². The van der Waals surface area contributed by atoms with Crippen LogP contribution in [0.15, 0.2) is 30.7 Å². The largest absolute Gasteiger partial charge is 0.380 e. The predicted octanol–water partition coefficient (Wildman–Crippen LogP) is 1.65. The van der Waals surface area contributed by atoms with Gasteiger partial charge in [0, 0.05) is 57.6 Å². The lowest BCUT2D eigenvalue weighted by Crippen LogP contribution is -2.31. The molecular weight excluding hydrogens is 316 g/mol. The van der Waals surface area contributed by atoms with E-state index < -0.39 is 0 Å². The normalized spacial score (nSPS) is 18.6. The minimum atomic E-state index is 0.401. The van der Waals surface area contributed by atoms with Gasteiger partial charge in [0.1, 0.15) is 11.6 Å². The van der Waals surface area contributed by atoms with Crippen LogP contribution in [0.1, 0.15) is 11.3 Å². The van der Waals surface area contributed by atoms with E-state index >= 15 is 0 Å². The summed E-state index contributed by atoms with van der Waals surface area (Å²) in [6.45, 7) is 4.29. The molecule has 0 aromatic carbocycles. The van der Waals surface area contributed by atoms with Crippen molar-refractivity contribution < 1.29 is 4.74 Å². The zero-order chi connectivity index (χ0) is 17.5. The van der Waals surface area contributed by atoms with Gasteiger partial charge in [-0.05, 0) is 12.5 Å². The lowest BCUT2D eigenvalue weighted by Gasteiger charge is -2.24. The molecule has 1 saturated heterocycles. The average molecular weight is 342 g/mol. The number of rotatable bonds is 6. The van der Waals surface area contributed by atoms with Gasteiger partial charge >= 0.3 is 0 Å².